The highest BCUT2D eigenvalue weighted by molar-refractivity contribution is 5.67. The van der Waals surface area contributed by atoms with Gasteiger partial charge in [-0.1, -0.05) is 27.2 Å². The van der Waals surface area contributed by atoms with Gasteiger partial charge in [-0.15, -0.1) is 0 Å². The monoisotopic (exact) mass is 228 g/mol. The summed E-state index contributed by atoms with van der Waals surface area (Å²) in [5, 5.41) is 2.88. The molecule has 94 valence electrons. The molecule has 0 spiro atoms. The van der Waals surface area contributed by atoms with Crippen LogP contribution in [-0.4, -0.2) is 43.3 Å². The lowest BCUT2D eigenvalue weighted by molar-refractivity contribution is 0.0928. The summed E-state index contributed by atoms with van der Waals surface area (Å²) < 4.78 is 5.04. The van der Waals surface area contributed by atoms with Gasteiger partial charge in [-0.3, -0.25) is 4.90 Å². The van der Waals surface area contributed by atoms with Crippen molar-refractivity contribution in [3.63, 3.8) is 0 Å². The maximum Gasteiger partial charge on any atom is 0.407 e. The van der Waals surface area contributed by atoms with E-state index < -0.39 is 0 Å². The van der Waals surface area contributed by atoms with Crippen LogP contribution in [0.1, 0.15) is 33.6 Å². The fraction of sp³-hybridized carbons (Fsp3) is 0.917. The van der Waals surface area contributed by atoms with Gasteiger partial charge in [0.2, 0.25) is 0 Å². The van der Waals surface area contributed by atoms with Crippen LogP contribution in [0.3, 0.4) is 0 Å². The first-order valence-electron chi connectivity index (χ1n) is 6.27. The fourth-order valence-corrected chi connectivity index (χ4v) is 1.84. The molecule has 0 unspecified atom stereocenters. The van der Waals surface area contributed by atoms with Gasteiger partial charge in [-0.25, -0.2) is 4.79 Å². The molecule has 1 fully saturated rings. The minimum absolute atomic E-state index is 0.261. The van der Waals surface area contributed by atoms with E-state index in [2.05, 4.69) is 31.0 Å². The Labute approximate surface area is 98.3 Å². The van der Waals surface area contributed by atoms with Crippen LogP contribution in [0, 0.1) is 5.92 Å². The highest BCUT2D eigenvalue weighted by Gasteiger charge is 2.28. The van der Waals surface area contributed by atoms with Crippen molar-refractivity contribution in [2.24, 2.45) is 5.92 Å². The molecule has 0 aromatic heterocycles. The summed E-state index contributed by atoms with van der Waals surface area (Å²) in [6.45, 7) is 10.1. The van der Waals surface area contributed by atoms with Gasteiger partial charge in [-0.2, -0.15) is 0 Å². The van der Waals surface area contributed by atoms with Crippen molar-refractivity contribution in [1.29, 1.82) is 0 Å². The summed E-state index contributed by atoms with van der Waals surface area (Å²) in [6, 6.07) is 0.285. The molecule has 1 N–H and O–H groups in total. The predicted octanol–water partition coefficient (Wildman–Crippen LogP) is 1.85. The summed E-state index contributed by atoms with van der Waals surface area (Å²) in [7, 11) is 0. The highest BCUT2D eigenvalue weighted by atomic mass is 16.5. The number of carbonyl (C=O) groups excluding carboxylic acids is 1. The highest BCUT2D eigenvalue weighted by Crippen LogP contribution is 2.10. The van der Waals surface area contributed by atoms with Gasteiger partial charge in [0.1, 0.15) is 0 Å². The second-order valence-electron chi connectivity index (χ2n) is 4.94. The number of amides is 1. The lowest BCUT2D eigenvalue weighted by Gasteiger charge is -2.40. The Morgan fingerprint density at radius 2 is 2.19 bits per heavy atom. The van der Waals surface area contributed by atoms with E-state index in [9.17, 15) is 4.79 Å². The Morgan fingerprint density at radius 3 is 2.75 bits per heavy atom. The van der Waals surface area contributed by atoms with Gasteiger partial charge in [0.25, 0.3) is 0 Å². The van der Waals surface area contributed by atoms with Crippen molar-refractivity contribution in [2.45, 2.75) is 39.7 Å². The van der Waals surface area contributed by atoms with Crippen molar-refractivity contribution >= 4 is 6.09 Å². The van der Waals surface area contributed by atoms with Gasteiger partial charge in [-0.05, 0) is 12.3 Å². The molecule has 0 saturated carbocycles. The molecular weight excluding hydrogens is 204 g/mol. The van der Waals surface area contributed by atoms with Gasteiger partial charge < -0.3 is 10.1 Å². The Balaban J connectivity index is 2.01. The molecule has 0 atom stereocenters. The van der Waals surface area contributed by atoms with Crippen LogP contribution >= 0.6 is 0 Å². The van der Waals surface area contributed by atoms with Crippen molar-refractivity contribution < 1.29 is 9.53 Å². The first kappa shape index (κ1) is 13.3. The molecule has 1 amide bonds. The van der Waals surface area contributed by atoms with Crippen molar-refractivity contribution in [3.8, 4) is 0 Å². The summed E-state index contributed by atoms with van der Waals surface area (Å²) in [5.74, 6) is 0.692. The van der Waals surface area contributed by atoms with Crippen molar-refractivity contribution in [1.82, 2.24) is 10.2 Å². The molecule has 1 aliphatic heterocycles. The number of unbranched alkanes of at least 4 members (excludes halogenated alkanes) is 1. The van der Waals surface area contributed by atoms with Gasteiger partial charge >= 0.3 is 6.09 Å². The van der Waals surface area contributed by atoms with Crippen LogP contribution in [0.5, 0.6) is 0 Å². The molecule has 1 aliphatic rings. The summed E-state index contributed by atoms with van der Waals surface area (Å²) in [4.78, 5) is 13.6. The quantitative estimate of drug-likeness (QED) is 0.705. The fourth-order valence-electron chi connectivity index (χ4n) is 1.84. The van der Waals surface area contributed by atoms with Gasteiger partial charge in [0.15, 0.2) is 0 Å². The van der Waals surface area contributed by atoms with E-state index in [-0.39, 0.29) is 12.1 Å². The number of hydrogen-bond acceptors (Lipinski definition) is 3. The van der Waals surface area contributed by atoms with E-state index in [4.69, 9.17) is 4.74 Å². The van der Waals surface area contributed by atoms with E-state index >= 15 is 0 Å². The molecule has 0 aromatic rings. The Hall–Kier alpha value is -0.770. The first-order chi connectivity index (χ1) is 7.61. The standard InChI is InChI=1S/C12H24N2O2/c1-4-5-6-16-12(15)13-11-8-14(9-11)7-10(2)3/h10-11H,4-9H2,1-3H3,(H,13,15). The van der Waals surface area contributed by atoms with E-state index in [1.807, 2.05) is 0 Å². The minimum Gasteiger partial charge on any atom is -0.450 e. The van der Waals surface area contributed by atoms with E-state index in [1.165, 1.54) is 0 Å². The van der Waals surface area contributed by atoms with Crippen molar-refractivity contribution in [2.75, 3.05) is 26.2 Å². The number of alkyl carbamates (subject to hydrolysis) is 1. The van der Waals surface area contributed by atoms with Crippen LogP contribution in [0.15, 0.2) is 0 Å². The Morgan fingerprint density at radius 1 is 1.50 bits per heavy atom. The number of rotatable bonds is 6. The molecule has 1 saturated heterocycles. The average molecular weight is 228 g/mol. The zero-order valence-corrected chi connectivity index (χ0v) is 10.7. The lowest BCUT2D eigenvalue weighted by Crippen LogP contribution is -2.59. The molecule has 0 aliphatic carbocycles. The maximum absolute atomic E-state index is 11.3. The molecule has 4 nitrogen and oxygen atoms in total. The van der Waals surface area contributed by atoms with Crippen LogP contribution < -0.4 is 5.32 Å². The summed E-state index contributed by atoms with van der Waals surface area (Å²) in [6.07, 6.45) is 1.74. The minimum atomic E-state index is -0.261. The maximum atomic E-state index is 11.3. The molecule has 1 heterocycles. The van der Waals surface area contributed by atoms with Crippen LogP contribution in [0.2, 0.25) is 0 Å². The number of likely N-dealkylation sites (tertiary alicyclic amines) is 1. The van der Waals surface area contributed by atoms with E-state index in [1.54, 1.807) is 0 Å². The molecule has 4 heteroatoms. The zero-order chi connectivity index (χ0) is 12.0. The van der Waals surface area contributed by atoms with Crippen LogP contribution in [0.4, 0.5) is 4.79 Å². The number of ether oxygens (including phenoxy) is 1. The third-order valence-electron chi connectivity index (χ3n) is 2.63. The number of carbonyl (C=O) groups is 1. The average Bonchev–Trinajstić information content (AvgIpc) is 2.14. The molecule has 0 aromatic carbocycles. The van der Waals surface area contributed by atoms with Crippen LogP contribution in [0.25, 0.3) is 0 Å². The SMILES string of the molecule is CCCCOC(=O)NC1CN(CC(C)C)C1. The molecule has 16 heavy (non-hydrogen) atoms. The molecule has 0 radical (unpaired) electrons. The largest absolute Gasteiger partial charge is 0.450 e. The van der Waals surface area contributed by atoms with Gasteiger partial charge in [0, 0.05) is 19.6 Å². The summed E-state index contributed by atoms with van der Waals surface area (Å²) >= 11 is 0. The number of hydrogen-bond donors (Lipinski definition) is 1. The van der Waals surface area contributed by atoms with Crippen molar-refractivity contribution in [3.05, 3.63) is 0 Å². The molecule has 0 bridgehead atoms. The predicted molar refractivity (Wildman–Crippen MR) is 64.5 cm³/mol. The molecule has 1 rings (SSSR count). The normalized spacial score (nSPS) is 17.2. The summed E-state index contributed by atoms with van der Waals surface area (Å²) in [5.41, 5.74) is 0. The third kappa shape index (κ3) is 4.84. The molecular formula is C12H24N2O2. The van der Waals surface area contributed by atoms with E-state index in [0.29, 0.717) is 12.5 Å². The number of nitrogens with zero attached hydrogens (tertiary/aromatic N) is 1. The zero-order valence-electron chi connectivity index (χ0n) is 10.7. The van der Waals surface area contributed by atoms with Crippen LogP contribution in [-0.2, 0) is 4.74 Å². The smallest absolute Gasteiger partial charge is 0.407 e. The Kier molecular flexibility index (Phi) is 5.60. The third-order valence-corrected chi connectivity index (χ3v) is 2.63. The second kappa shape index (κ2) is 6.74. The van der Waals surface area contributed by atoms with E-state index in [0.717, 1.165) is 32.5 Å². The lowest BCUT2D eigenvalue weighted by atomic mass is 10.1. The first-order valence-corrected chi connectivity index (χ1v) is 6.27. The Bertz CT molecular complexity index is 213. The van der Waals surface area contributed by atoms with Gasteiger partial charge in [0.05, 0.1) is 12.6 Å². The topological polar surface area (TPSA) is 41.6 Å². The number of nitrogens with one attached hydrogen (secondary N) is 1. The second-order valence-corrected chi connectivity index (χ2v) is 4.94.